The SMILES string of the molecule is CC[C@]1(c2ccccc2)NC(=O)N(CC(=O)c2cc(C)n(C[C@H]3COc4ccccc4O3)c2C)C1=O. The number of nitrogens with one attached hydrogen (secondary N) is 1. The van der Waals surface area contributed by atoms with E-state index in [0.29, 0.717) is 36.4 Å². The minimum atomic E-state index is -1.16. The molecule has 3 heterocycles. The fourth-order valence-corrected chi connectivity index (χ4v) is 5.08. The number of carbonyl (C=O) groups excluding carboxylic acids is 3. The number of aryl methyl sites for hydroxylation is 1. The molecule has 0 aliphatic carbocycles. The van der Waals surface area contributed by atoms with Gasteiger partial charge in [-0.1, -0.05) is 49.4 Å². The van der Waals surface area contributed by atoms with E-state index in [4.69, 9.17) is 9.47 Å². The standard InChI is InChI=1S/C28H29N3O5/c1-4-28(20-10-6-5-7-11-20)26(33)31(27(34)29-28)16-23(32)22-14-18(2)30(19(22)3)15-21-17-35-24-12-8-9-13-25(24)36-21/h5-14,21H,4,15-17H2,1-3H3,(H,29,34)/t21-,28+/m0/s1. The van der Waals surface area contributed by atoms with Crippen LogP contribution in [0.5, 0.6) is 11.5 Å². The Labute approximate surface area is 209 Å². The first kappa shape index (κ1) is 23.7. The molecule has 2 aliphatic rings. The normalized spacial score (nSPS) is 21.0. The second-order valence-electron chi connectivity index (χ2n) is 9.26. The van der Waals surface area contributed by atoms with Gasteiger partial charge in [0.25, 0.3) is 5.91 Å². The Morgan fingerprint density at radius 1 is 1.06 bits per heavy atom. The molecule has 0 radical (unpaired) electrons. The van der Waals surface area contributed by atoms with Crippen LogP contribution >= 0.6 is 0 Å². The first-order chi connectivity index (χ1) is 17.3. The third-order valence-corrected chi connectivity index (χ3v) is 7.10. The number of carbonyl (C=O) groups is 3. The van der Waals surface area contributed by atoms with Crippen LogP contribution in [0.15, 0.2) is 60.7 Å². The Bertz CT molecular complexity index is 1330. The zero-order valence-corrected chi connectivity index (χ0v) is 20.6. The zero-order valence-electron chi connectivity index (χ0n) is 20.6. The van der Waals surface area contributed by atoms with Gasteiger partial charge in [-0.3, -0.25) is 14.5 Å². The van der Waals surface area contributed by atoms with Crippen LogP contribution in [0, 0.1) is 13.8 Å². The molecule has 1 aromatic heterocycles. The van der Waals surface area contributed by atoms with Crippen molar-refractivity contribution in [2.75, 3.05) is 13.2 Å². The summed E-state index contributed by atoms with van der Waals surface area (Å²) in [6.45, 7) is 6.23. The number of hydrogen-bond acceptors (Lipinski definition) is 5. The maximum Gasteiger partial charge on any atom is 0.325 e. The molecule has 0 unspecified atom stereocenters. The molecule has 8 nitrogen and oxygen atoms in total. The van der Waals surface area contributed by atoms with E-state index in [-0.39, 0.29) is 18.4 Å². The van der Waals surface area contributed by atoms with Gasteiger partial charge in [0.1, 0.15) is 12.1 Å². The second kappa shape index (κ2) is 9.18. The van der Waals surface area contributed by atoms with Crippen molar-refractivity contribution in [3.63, 3.8) is 0 Å². The van der Waals surface area contributed by atoms with Gasteiger partial charge < -0.3 is 19.4 Å². The summed E-state index contributed by atoms with van der Waals surface area (Å²) in [5.74, 6) is 0.723. The smallest absolute Gasteiger partial charge is 0.325 e. The van der Waals surface area contributed by atoms with Crippen LogP contribution < -0.4 is 14.8 Å². The fraction of sp³-hybridized carbons (Fsp3) is 0.321. The summed E-state index contributed by atoms with van der Waals surface area (Å²) in [7, 11) is 0. The van der Waals surface area contributed by atoms with Crippen molar-refractivity contribution in [3.05, 3.63) is 83.2 Å². The van der Waals surface area contributed by atoms with Gasteiger partial charge in [-0.2, -0.15) is 0 Å². The summed E-state index contributed by atoms with van der Waals surface area (Å²) in [4.78, 5) is 40.6. The number of hydrogen-bond donors (Lipinski definition) is 1. The van der Waals surface area contributed by atoms with Crippen molar-refractivity contribution in [3.8, 4) is 11.5 Å². The van der Waals surface area contributed by atoms with Crippen molar-refractivity contribution in [1.82, 2.24) is 14.8 Å². The lowest BCUT2D eigenvalue weighted by atomic mass is 9.87. The number of amides is 3. The lowest BCUT2D eigenvalue weighted by Gasteiger charge is -2.27. The molecule has 1 N–H and O–H groups in total. The predicted octanol–water partition coefficient (Wildman–Crippen LogP) is 3.98. The lowest BCUT2D eigenvalue weighted by Crippen LogP contribution is -2.43. The Morgan fingerprint density at radius 2 is 1.75 bits per heavy atom. The molecule has 2 aromatic carbocycles. The first-order valence-corrected chi connectivity index (χ1v) is 12.1. The molecule has 186 valence electrons. The Morgan fingerprint density at radius 3 is 2.47 bits per heavy atom. The largest absolute Gasteiger partial charge is 0.486 e. The van der Waals surface area contributed by atoms with Gasteiger partial charge in [0.15, 0.2) is 23.4 Å². The van der Waals surface area contributed by atoms with E-state index in [0.717, 1.165) is 22.0 Å². The number of Topliss-reactive ketones (excluding diaryl/α,β-unsaturated/α-hetero) is 1. The number of benzene rings is 2. The number of aromatic nitrogens is 1. The summed E-state index contributed by atoms with van der Waals surface area (Å²) < 4.78 is 13.9. The van der Waals surface area contributed by atoms with E-state index in [2.05, 4.69) is 5.32 Å². The summed E-state index contributed by atoms with van der Waals surface area (Å²) in [6, 6.07) is 17.9. The van der Waals surface area contributed by atoms with Gasteiger partial charge in [-0.15, -0.1) is 0 Å². The van der Waals surface area contributed by atoms with Gasteiger partial charge in [0.2, 0.25) is 0 Å². The monoisotopic (exact) mass is 487 g/mol. The Kier molecular flexibility index (Phi) is 6.04. The summed E-state index contributed by atoms with van der Waals surface area (Å²) in [6.07, 6.45) is 0.169. The minimum Gasteiger partial charge on any atom is -0.486 e. The van der Waals surface area contributed by atoms with E-state index in [9.17, 15) is 14.4 Å². The molecule has 3 amide bonds. The fourth-order valence-electron chi connectivity index (χ4n) is 5.08. The third kappa shape index (κ3) is 3.92. The lowest BCUT2D eigenvalue weighted by molar-refractivity contribution is -0.131. The van der Waals surface area contributed by atoms with Crippen LogP contribution in [0.25, 0.3) is 0 Å². The molecule has 1 saturated heterocycles. The van der Waals surface area contributed by atoms with Gasteiger partial charge in [-0.25, -0.2) is 4.79 Å². The molecular formula is C28H29N3O5. The molecule has 5 rings (SSSR count). The third-order valence-electron chi connectivity index (χ3n) is 7.10. The second-order valence-corrected chi connectivity index (χ2v) is 9.26. The highest BCUT2D eigenvalue weighted by atomic mass is 16.6. The number of ketones is 1. The maximum absolute atomic E-state index is 13.4. The van der Waals surface area contributed by atoms with Crippen molar-refractivity contribution in [2.24, 2.45) is 0 Å². The molecule has 2 aliphatic heterocycles. The number of urea groups is 1. The van der Waals surface area contributed by atoms with Crippen LogP contribution in [0.4, 0.5) is 4.79 Å². The van der Waals surface area contributed by atoms with Gasteiger partial charge in [-0.05, 0) is 44.0 Å². The average molecular weight is 488 g/mol. The summed E-state index contributed by atoms with van der Waals surface area (Å²) in [5, 5.41) is 2.83. The highest BCUT2D eigenvalue weighted by Gasteiger charge is 2.51. The maximum atomic E-state index is 13.4. The van der Waals surface area contributed by atoms with E-state index in [1.54, 1.807) is 6.07 Å². The number of nitrogens with zero attached hydrogens (tertiary/aromatic N) is 2. The van der Waals surface area contributed by atoms with Crippen LogP contribution in [-0.4, -0.2) is 46.4 Å². The Balaban J connectivity index is 1.33. The molecule has 3 aromatic rings. The van der Waals surface area contributed by atoms with Gasteiger partial charge in [0, 0.05) is 17.0 Å². The van der Waals surface area contributed by atoms with Crippen molar-refractivity contribution >= 4 is 17.7 Å². The van der Waals surface area contributed by atoms with Crippen molar-refractivity contribution in [1.29, 1.82) is 0 Å². The van der Waals surface area contributed by atoms with Gasteiger partial charge >= 0.3 is 6.03 Å². The number of ether oxygens (including phenoxy) is 2. The topological polar surface area (TPSA) is 89.9 Å². The molecule has 36 heavy (non-hydrogen) atoms. The quantitative estimate of drug-likeness (QED) is 0.402. The van der Waals surface area contributed by atoms with E-state index >= 15 is 0 Å². The molecule has 0 bridgehead atoms. The predicted molar refractivity (Wildman–Crippen MR) is 133 cm³/mol. The van der Waals surface area contributed by atoms with Gasteiger partial charge in [0.05, 0.1) is 13.1 Å². The highest BCUT2D eigenvalue weighted by Crippen LogP contribution is 2.33. The molecule has 0 saturated carbocycles. The number of para-hydroxylation sites is 2. The number of imide groups is 1. The molecular weight excluding hydrogens is 458 g/mol. The van der Waals surface area contributed by atoms with Crippen molar-refractivity contribution < 1.29 is 23.9 Å². The Hall–Kier alpha value is -4.07. The molecule has 1 fully saturated rings. The first-order valence-electron chi connectivity index (χ1n) is 12.1. The summed E-state index contributed by atoms with van der Waals surface area (Å²) in [5.41, 5.74) is 1.68. The van der Waals surface area contributed by atoms with Crippen LogP contribution in [0.1, 0.15) is 40.7 Å². The van der Waals surface area contributed by atoms with E-state index in [1.807, 2.05) is 79.9 Å². The van der Waals surface area contributed by atoms with Crippen molar-refractivity contribution in [2.45, 2.75) is 45.4 Å². The minimum absolute atomic E-state index is 0.213. The summed E-state index contributed by atoms with van der Waals surface area (Å²) >= 11 is 0. The van der Waals surface area contributed by atoms with E-state index in [1.165, 1.54) is 0 Å². The molecule has 8 heteroatoms. The zero-order chi connectivity index (χ0) is 25.4. The van der Waals surface area contributed by atoms with Crippen LogP contribution in [0.3, 0.4) is 0 Å². The van der Waals surface area contributed by atoms with E-state index < -0.39 is 17.5 Å². The highest BCUT2D eigenvalue weighted by molar-refractivity contribution is 6.11. The van der Waals surface area contributed by atoms with Crippen LogP contribution in [0.2, 0.25) is 0 Å². The average Bonchev–Trinajstić information content (AvgIpc) is 3.32. The number of rotatable bonds is 7. The molecule has 2 atom stereocenters. The number of fused-ring (bicyclic) bond motifs is 1. The van der Waals surface area contributed by atoms with Crippen LogP contribution in [-0.2, 0) is 16.9 Å². The molecule has 0 spiro atoms.